The fraction of sp³-hybridized carbons (Fsp3) is 0.560. The molecule has 8 heteroatoms. The summed E-state index contributed by atoms with van der Waals surface area (Å²) in [6, 6.07) is 5.27. The van der Waals surface area contributed by atoms with Crippen LogP contribution in [0.1, 0.15) is 71.3 Å². The van der Waals surface area contributed by atoms with E-state index in [2.05, 4.69) is 13.8 Å². The van der Waals surface area contributed by atoms with Gasteiger partial charge < -0.3 is 16.7 Å². The molecule has 4 nitrogen and oxygen atoms in total. The Bertz CT molecular complexity index is 904. The van der Waals surface area contributed by atoms with Crippen LogP contribution in [0.2, 0.25) is 0 Å². The van der Waals surface area contributed by atoms with Gasteiger partial charge in [-0.15, -0.1) is 0 Å². The van der Waals surface area contributed by atoms with Crippen LogP contribution in [-0.2, 0) is 11.0 Å². The quantitative estimate of drug-likeness (QED) is 0.529. The van der Waals surface area contributed by atoms with Crippen LogP contribution >= 0.6 is 0 Å². The zero-order valence-electron chi connectivity index (χ0n) is 20.5. The van der Waals surface area contributed by atoms with Gasteiger partial charge in [-0.2, -0.15) is 13.2 Å². The topological polar surface area (TPSA) is 77.8 Å². The predicted molar refractivity (Wildman–Crippen MR) is 117 cm³/mol. The Balaban J connectivity index is 0.00000289. The van der Waals surface area contributed by atoms with Gasteiger partial charge in [0.25, 0.3) is 0 Å². The Morgan fingerprint density at radius 1 is 1.12 bits per heavy atom. The Hall–Kier alpha value is -1.12. The summed E-state index contributed by atoms with van der Waals surface area (Å²) in [6.45, 7) is 4.38. The summed E-state index contributed by atoms with van der Waals surface area (Å²) in [5.74, 6) is -1.14. The first-order chi connectivity index (χ1) is 14.8. The van der Waals surface area contributed by atoms with Crippen LogP contribution in [0, 0.1) is 10.8 Å². The van der Waals surface area contributed by atoms with Crippen molar-refractivity contribution in [3.63, 3.8) is 0 Å². The largest absolute Gasteiger partial charge is 1.00 e. The van der Waals surface area contributed by atoms with Crippen molar-refractivity contribution >= 4 is 11.5 Å². The monoisotopic (exact) mass is 476 g/mol. The van der Waals surface area contributed by atoms with Crippen molar-refractivity contribution in [2.45, 2.75) is 77.2 Å². The summed E-state index contributed by atoms with van der Waals surface area (Å²) in [4.78, 5) is 10.7. The van der Waals surface area contributed by atoms with E-state index < -0.39 is 36.3 Å². The number of alkyl halides is 3. The van der Waals surface area contributed by atoms with E-state index >= 15 is 0 Å². The molecule has 1 aromatic carbocycles. The van der Waals surface area contributed by atoms with Gasteiger partial charge in [0.05, 0.1) is 24.2 Å². The van der Waals surface area contributed by atoms with Gasteiger partial charge in [0.1, 0.15) is 0 Å². The number of carboxylic acid groups (broad SMARTS) is 1. The standard InChI is InChI=1S/C25H31F3O4.Na.H/c1-23-9-11-24(2,12-10-23)21(8-7-18(29)13-19(30)14-22(31)32)20(15-23)16-3-5-17(6-4-16)25(26,27)28;;/h3-8,18-19,29-30H,9-15H2,1-2H3,(H,31,32);;/q;+1;-1/b8-7+;;. The van der Waals surface area contributed by atoms with Crippen molar-refractivity contribution < 1.29 is 64.3 Å². The molecule has 0 heterocycles. The molecule has 178 valence electrons. The molecule has 1 saturated carbocycles. The minimum absolute atomic E-state index is 0. The zero-order chi connectivity index (χ0) is 23.7. The van der Waals surface area contributed by atoms with Gasteiger partial charge in [0, 0.05) is 6.42 Å². The van der Waals surface area contributed by atoms with Crippen LogP contribution in [0.25, 0.3) is 5.57 Å². The second-order valence-electron chi connectivity index (χ2n) is 9.93. The Morgan fingerprint density at radius 2 is 1.70 bits per heavy atom. The number of fused-ring (bicyclic) bond motifs is 3. The van der Waals surface area contributed by atoms with Gasteiger partial charge in [-0.25, -0.2) is 0 Å². The number of hydrogen-bond acceptors (Lipinski definition) is 3. The molecule has 3 N–H and O–H groups in total. The molecule has 0 spiro atoms. The molecular formula is C25H32F3NaO4. The van der Waals surface area contributed by atoms with Crippen LogP contribution in [0.3, 0.4) is 0 Å². The van der Waals surface area contributed by atoms with E-state index in [0.29, 0.717) is 0 Å². The average Bonchev–Trinajstić information content (AvgIpc) is 2.86. The molecule has 4 rings (SSSR count). The maximum atomic E-state index is 13.0. The number of carboxylic acids is 1. The number of halogens is 3. The fourth-order valence-corrected chi connectivity index (χ4v) is 5.01. The van der Waals surface area contributed by atoms with Gasteiger partial charge >= 0.3 is 41.7 Å². The van der Waals surface area contributed by atoms with E-state index in [1.165, 1.54) is 12.1 Å². The van der Waals surface area contributed by atoms with Crippen LogP contribution in [0.15, 0.2) is 42.0 Å². The van der Waals surface area contributed by atoms with Crippen molar-refractivity contribution in [1.82, 2.24) is 0 Å². The first-order valence-electron chi connectivity index (χ1n) is 11.0. The van der Waals surface area contributed by atoms with E-state index in [1.54, 1.807) is 6.08 Å². The van der Waals surface area contributed by atoms with E-state index in [0.717, 1.165) is 60.9 Å². The molecule has 1 fully saturated rings. The Labute approximate surface area is 216 Å². The van der Waals surface area contributed by atoms with Gasteiger partial charge in [-0.1, -0.05) is 38.1 Å². The number of allylic oxidation sites excluding steroid dienone is 3. The molecule has 0 aliphatic heterocycles. The number of aliphatic carboxylic acids is 1. The molecule has 2 unspecified atom stereocenters. The molecule has 0 aromatic heterocycles. The van der Waals surface area contributed by atoms with Crippen LogP contribution < -0.4 is 29.6 Å². The Morgan fingerprint density at radius 3 is 2.21 bits per heavy atom. The third kappa shape index (κ3) is 6.95. The maximum absolute atomic E-state index is 13.0. The van der Waals surface area contributed by atoms with E-state index in [1.807, 2.05) is 6.08 Å². The summed E-state index contributed by atoms with van der Waals surface area (Å²) in [5.41, 5.74) is 1.97. The summed E-state index contributed by atoms with van der Waals surface area (Å²) in [6.07, 6.45) is 0.966. The second-order valence-corrected chi connectivity index (χ2v) is 9.93. The summed E-state index contributed by atoms with van der Waals surface area (Å²) < 4.78 is 39.1. The molecule has 33 heavy (non-hydrogen) atoms. The molecular weight excluding hydrogens is 444 g/mol. The van der Waals surface area contributed by atoms with Crippen LogP contribution in [0.5, 0.6) is 0 Å². The second kappa shape index (κ2) is 10.6. The first kappa shape index (κ1) is 28.1. The number of carbonyl (C=O) groups is 1. The zero-order valence-corrected chi connectivity index (χ0v) is 21.5. The number of rotatable bonds is 7. The smallest absolute Gasteiger partial charge is 1.00 e. The molecule has 2 bridgehead atoms. The van der Waals surface area contributed by atoms with Gasteiger partial charge in [0.15, 0.2) is 0 Å². The number of hydrogen-bond donors (Lipinski definition) is 3. The summed E-state index contributed by atoms with van der Waals surface area (Å²) in [5, 5.41) is 28.9. The Kier molecular flexibility index (Phi) is 9.07. The predicted octanol–water partition coefficient (Wildman–Crippen LogP) is 2.71. The average molecular weight is 477 g/mol. The minimum atomic E-state index is -4.39. The molecule has 0 amide bonds. The van der Waals surface area contributed by atoms with Crippen LogP contribution in [0.4, 0.5) is 13.2 Å². The van der Waals surface area contributed by atoms with Gasteiger partial charge in [-0.05, 0) is 71.8 Å². The fourth-order valence-electron chi connectivity index (χ4n) is 5.01. The number of aliphatic hydroxyl groups excluding tert-OH is 2. The van der Waals surface area contributed by atoms with Crippen LogP contribution in [-0.4, -0.2) is 33.5 Å². The molecule has 0 saturated heterocycles. The summed E-state index contributed by atoms with van der Waals surface area (Å²) >= 11 is 0. The van der Waals surface area contributed by atoms with Gasteiger partial charge in [-0.3, -0.25) is 4.79 Å². The SMILES string of the molecule is CC12CCC(C)(CC1)C(/C=C/C(O)CC(O)CC(=O)O)=C(c1ccc(C(F)(F)F)cc1)C2.[H-].[Na+]. The maximum Gasteiger partial charge on any atom is 1.00 e. The molecule has 3 aliphatic rings. The van der Waals surface area contributed by atoms with E-state index in [4.69, 9.17) is 5.11 Å². The molecule has 2 atom stereocenters. The minimum Gasteiger partial charge on any atom is -1.00 e. The number of aliphatic hydroxyl groups is 2. The van der Waals surface area contributed by atoms with Crippen molar-refractivity contribution in [2.75, 3.05) is 0 Å². The molecule has 3 aliphatic carbocycles. The van der Waals surface area contributed by atoms with Gasteiger partial charge in [0.2, 0.25) is 0 Å². The third-order valence-corrected chi connectivity index (χ3v) is 7.11. The first-order valence-corrected chi connectivity index (χ1v) is 11.0. The van der Waals surface area contributed by atoms with Crippen molar-refractivity contribution in [3.8, 4) is 0 Å². The normalized spacial score (nSPS) is 27.2. The van der Waals surface area contributed by atoms with Crippen molar-refractivity contribution in [1.29, 1.82) is 0 Å². The van der Waals surface area contributed by atoms with Crippen molar-refractivity contribution in [2.24, 2.45) is 10.8 Å². The van der Waals surface area contributed by atoms with Crippen molar-refractivity contribution in [3.05, 3.63) is 53.1 Å². The number of benzene rings is 1. The third-order valence-electron chi connectivity index (χ3n) is 7.11. The summed E-state index contributed by atoms with van der Waals surface area (Å²) in [7, 11) is 0. The van der Waals surface area contributed by atoms with E-state index in [-0.39, 0.29) is 48.2 Å². The van der Waals surface area contributed by atoms with E-state index in [9.17, 15) is 28.2 Å². The molecule has 1 aromatic rings. The molecule has 0 radical (unpaired) electrons.